The third-order valence-electron chi connectivity index (χ3n) is 3.73. The smallest absolute Gasteiger partial charge is 0.224 e. The number of hydrogen-bond donors (Lipinski definition) is 2. The molecular weight excluding hydrogens is 343 g/mol. The van der Waals surface area contributed by atoms with Gasteiger partial charge in [0.2, 0.25) is 5.91 Å². The van der Waals surface area contributed by atoms with Crippen molar-refractivity contribution in [1.82, 2.24) is 10.6 Å². The molecule has 1 aliphatic rings. The number of halogens is 2. The maximum atomic E-state index is 12.9. The minimum absolute atomic E-state index is 0. The van der Waals surface area contributed by atoms with E-state index in [1.165, 1.54) is 12.1 Å². The third-order valence-corrected chi connectivity index (χ3v) is 5.66. The molecule has 2 unspecified atom stereocenters. The molecule has 2 atom stereocenters. The van der Waals surface area contributed by atoms with Gasteiger partial charge in [0, 0.05) is 18.5 Å². The van der Waals surface area contributed by atoms with Crippen LogP contribution in [0.3, 0.4) is 0 Å². The van der Waals surface area contributed by atoms with Crippen LogP contribution in [-0.2, 0) is 14.6 Å². The molecule has 1 heterocycles. The summed E-state index contributed by atoms with van der Waals surface area (Å²) in [6.07, 6.45) is 1.89. The van der Waals surface area contributed by atoms with Crippen LogP contribution in [0.25, 0.3) is 0 Å². The van der Waals surface area contributed by atoms with Crippen LogP contribution in [0.4, 0.5) is 4.39 Å². The number of piperidine rings is 1. The largest absolute Gasteiger partial charge is 0.352 e. The van der Waals surface area contributed by atoms with Crippen LogP contribution in [0.2, 0.25) is 0 Å². The molecule has 8 heteroatoms. The molecule has 1 fully saturated rings. The van der Waals surface area contributed by atoms with Crippen LogP contribution in [0, 0.1) is 11.7 Å². The lowest BCUT2D eigenvalue weighted by atomic mass is 10.1. The molecule has 1 aromatic carbocycles. The second kappa shape index (κ2) is 8.61. The van der Waals surface area contributed by atoms with Gasteiger partial charge in [0.15, 0.2) is 9.84 Å². The molecule has 0 spiro atoms. The highest BCUT2D eigenvalue weighted by atomic mass is 35.5. The number of carbonyl (C=O) groups excluding carboxylic acids is 1. The van der Waals surface area contributed by atoms with Gasteiger partial charge in [-0.15, -0.1) is 12.4 Å². The van der Waals surface area contributed by atoms with E-state index in [0.717, 1.165) is 31.5 Å². The lowest BCUT2D eigenvalue weighted by Gasteiger charge is -2.25. The van der Waals surface area contributed by atoms with Gasteiger partial charge in [-0.2, -0.15) is 0 Å². The number of benzene rings is 1. The molecule has 5 nitrogen and oxygen atoms in total. The molecule has 1 amide bonds. The van der Waals surface area contributed by atoms with Gasteiger partial charge in [-0.1, -0.05) is 6.92 Å². The molecule has 1 aliphatic heterocycles. The Morgan fingerprint density at radius 1 is 1.39 bits per heavy atom. The summed E-state index contributed by atoms with van der Waals surface area (Å²) >= 11 is 0. The number of nitrogens with one attached hydrogen (secondary N) is 2. The summed E-state index contributed by atoms with van der Waals surface area (Å²) in [5.74, 6) is -1.70. The molecule has 130 valence electrons. The van der Waals surface area contributed by atoms with Crippen molar-refractivity contribution >= 4 is 28.2 Å². The molecule has 0 radical (unpaired) electrons. The summed E-state index contributed by atoms with van der Waals surface area (Å²) in [5.41, 5.74) is 0. The van der Waals surface area contributed by atoms with E-state index < -0.39 is 21.6 Å². The first kappa shape index (κ1) is 19.9. The molecule has 2 N–H and O–H groups in total. The van der Waals surface area contributed by atoms with E-state index in [-0.39, 0.29) is 35.0 Å². The van der Waals surface area contributed by atoms with E-state index in [2.05, 4.69) is 10.6 Å². The Morgan fingerprint density at radius 3 is 2.61 bits per heavy atom. The molecule has 0 saturated carbocycles. The van der Waals surface area contributed by atoms with Gasteiger partial charge < -0.3 is 10.6 Å². The van der Waals surface area contributed by atoms with E-state index in [1.807, 2.05) is 0 Å². The molecular formula is C15H22ClFN2O3S. The third kappa shape index (κ3) is 5.75. The monoisotopic (exact) mass is 364 g/mol. The zero-order valence-electron chi connectivity index (χ0n) is 12.9. The van der Waals surface area contributed by atoms with Crippen molar-refractivity contribution in [3.8, 4) is 0 Å². The Morgan fingerprint density at radius 2 is 2.04 bits per heavy atom. The first-order valence-electron chi connectivity index (χ1n) is 7.38. The highest BCUT2D eigenvalue weighted by Crippen LogP contribution is 2.15. The fourth-order valence-corrected chi connectivity index (χ4v) is 4.01. The maximum Gasteiger partial charge on any atom is 0.224 e. The molecule has 0 aromatic heterocycles. The van der Waals surface area contributed by atoms with Gasteiger partial charge in [0.05, 0.1) is 10.6 Å². The Bertz CT molecular complexity index is 616. The average Bonchev–Trinajstić information content (AvgIpc) is 2.48. The van der Waals surface area contributed by atoms with Crippen molar-refractivity contribution in [3.63, 3.8) is 0 Å². The molecule has 0 bridgehead atoms. The number of sulfone groups is 1. The lowest BCUT2D eigenvalue weighted by Crippen LogP contribution is -2.47. The lowest BCUT2D eigenvalue weighted by molar-refractivity contribution is -0.124. The van der Waals surface area contributed by atoms with Gasteiger partial charge in [-0.3, -0.25) is 4.79 Å². The summed E-state index contributed by atoms with van der Waals surface area (Å²) in [6, 6.07) is 4.70. The van der Waals surface area contributed by atoms with Gasteiger partial charge in [0.25, 0.3) is 0 Å². The van der Waals surface area contributed by atoms with Gasteiger partial charge in [-0.25, -0.2) is 12.8 Å². The van der Waals surface area contributed by atoms with Crippen molar-refractivity contribution in [2.75, 3.05) is 18.8 Å². The number of rotatable bonds is 5. The highest BCUT2D eigenvalue weighted by molar-refractivity contribution is 7.91. The fraction of sp³-hybridized carbons (Fsp3) is 0.533. The van der Waals surface area contributed by atoms with Crippen LogP contribution in [0.15, 0.2) is 29.2 Å². The number of hydrogen-bond acceptors (Lipinski definition) is 4. The van der Waals surface area contributed by atoms with E-state index in [0.29, 0.717) is 6.54 Å². The molecule has 23 heavy (non-hydrogen) atoms. The zero-order valence-corrected chi connectivity index (χ0v) is 14.6. The Labute approximate surface area is 142 Å². The Kier molecular flexibility index (Phi) is 7.44. The van der Waals surface area contributed by atoms with Crippen LogP contribution in [0.5, 0.6) is 0 Å². The second-order valence-corrected chi connectivity index (χ2v) is 7.72. The van der Waals surface area contributed by atoms with Gasteiger partial charge >= 0.3 is 0 Å². The standard InChI is InChI=1S/C15H21FN2O3S.ClH/c1-11(15(19)18-13-3-2-8-17-9-13)10-22(20,21)14-6-4-12(16)5-7-14;/h4-7,11,13,17H,2-3,8-10H2,1H3,(H,18,19);1H. The van der Waals surface area contributed by atoms with Crippen LogP contribution >= 0.6 is 12.4 Å². The minimum atomic E-state index is -3.61. The summed E-state index contributed by atoms with van der Waals surface area (Å²) in [6.45, 7) is 3.25. The van der Waals surface area contributed by atoms with Crippen LogP contribution in [0.1, 0.15) is 19.8 Å². The van der Waals surface area contributed by atoms with E-state index >= 15 is 0 Å². The molecule has 0 aliphatic carbocycles. The summed E-state index contributed by atoms with van der Waals surface area (Å²) < 4.78 is 37.3. The van der Waals surface area contributed by atoms with Crippen molar-refractivity contribution < 1.29 is 17.6 Å². The van der Waals surface area contributed by atoms with E-state index in [9.17, 15) is 17.6 Å². The van der Waals surface area contributed by atoms with Crippen molar-refractivity contribution in [1.29, 1.82) is 0 Å². The SMILES string of the molecule is CC(CS(=O)(=O)c1ccc(F)cc1)C(=O)NC1CCCNC1.Cl. The first-order valence-corrected chi connectivity index (χ1v) is 9.03. The predicted octanol–water partition coefficient (Wildman–Crippen LogP) is 1.53. The van der Waals surface area contributed by atoms with Crippen molar-refractivity contribution in [2.24, 2.45) is 5.92 Å². The molecule has 2 rings (SSSR count). The van der Waals surface area contributed by atoms with Gasteiger partial charge in [0.1, 0.15) is 5.82 Å². The maximum absolute atomic E-state index is 12.9. The topological polar surface area (TPSA) is 75.3 Å². The zero-order chi connectivity index (χ0) is 16.2. The Hall–Kier alpha value is -1.18. The quantitative estimate of drug-likeness (QED) is 0.777. The van der Waals surface area contributed by atoms with Crippen molar-refractivity contribution in [2.45, 2.75) is 30.7 Å². The van der Waals surface area contributed by atoms with Crippen LogP contribution < -0.4 is 10.6 Å². The fourth-order valence-electron chi connectivity index (χ4n) is 2.46. The second-order valence-electron chi connectivity index (χ2n) is 5.69. The summed E-state index contributed by atoms with van der Waals surface area (Å²) in [7, 11) is -3.61. The van der Waals surface area contributed by atoms with E-state index in [1.54, 1.807) is 6.92 Å². The molecule has 1 aromatic rings. The highest BCUT2D eigenvalue weighted by Gasteiger charge is 2.25. The first-order chi connectivity index (χ1) is 10.4. The summed E-state index contributed by atoms with van der Waals surface area (Å²) in [4.78, 5) is 12.1. The summed E-state index contributed by atoms with van der Waals surface area (Å²) in [5, 5.41) is 6.07. The number of amides is 1. The number of carbonyl (C=O) groups is 1. The normalized spacial score (nSPS) is 19.5. The van der Waals surface area contributed by atoms with E-state index in [4.69, 9.17) is 0 Å². The average molecular weight is 365 g/mol. The van der Waals surface area contributed by atoms with Crippen LogP contribution in [-0.4, -0.2) is 39.2 Å². The van der Waals surface area contributed by atoms with Gasteiger partial charge in [-0.05, 0) is 43.7 Å². The predicted molar refractivity (Wildman–Crippen MR) is 88.9 cm³/mol. The van der Waals surface area contributed by atoms with Crippen molar-refractivity contribution in [3.05, 3.63) is 30.1 Å². The minimum Gasteiger partial charge on any atom is -0.352 e. The Balaban J connectivity index is 0.00000264. The molecule has 1 saturated heterocycles.